The predicted molar refractivity (Wildman–Crippen MR) is 371 cm³/mol. The van der Waals surface area contributed by atoms with Gasteiger partial charge in [0.05, 0.1) is 39.9 Å². The zero-order valence-corrected chi connectivity index (χ0v) is 57.2. The lowest BCUT2D eigenvalue weighted by atomic mass is 10.0. The molecule has 0 aliphatic heterocycles. The molecule has 0 radical (unpaired) electrons. The summed E-state index contributed by atoms with van der Waals surface area (Å²) < 4.78 is 23.4. The van der Waals surface area contributed by atoms with Gasteiger partial charge in [-0.25, -0.2) is 0 Å². The van der Waals surface area contributed by atoms with Crippen molar-refractivity contribution in [3.63, 3.8) is 0 Å². The number of hydrogen-bond donors (Lipinski definition) is 2. The third-order valence-corrected chi connectivity index (χ3v) is 16.7. The summed E-state index contributed by atoms with van der Waals surface area (Å²) in [7, 11) is 1.24. The molecule has 0 fully saturated rings. The average Bonchev–Trinajstić information content (AvgIpc) is 3.49. The maximum absolute atomic E-state index is 13.0. The second-order valence-corrected chi connectivity index (χ2v) is 26.6. The van der Waals surface area contributed by atoms with Crippen LogP contribution >= 0.6 is 7.82 Å². The van der Waals surface area contributed by atoms with Gasteiger partial charge in [0.15, 0.2) is 0 Å². The molecule has 0 heterocycles. The Morgan fingerprint density at radius 1 is 0.424 bits per heavy atom. The first-order chi connectivity index (χ1) is 41.5. The van der Waals surface area contributed by atoms with Crippen LogP contribution in [0.1, 0.15) is 316 Å². The minimum absolute atomic E-state index is 0.0117. The summed E-state index contributed by atoms with van der Waals surface area (Å²) in [5.74, 6) is -0.210. The summed E-state index contributed by atoms with van der Waals surface area (Å²) in [4.78, 5) is 25.6. The quantitative estimate of drug-likeness (QED) is 0.0272. The Kier molecular flexibility index (Phi) is 63.4. The maximum atomic E-state index is 13.0. The number of aliphatic hydroxyl groups excluding tert-OH is 1. The van der Waals surface area contributed by atoms with E-state index in [9.17, 15) is 19.4 Å². The molecule has 3 unspecified atom stereocenters. The number of phosphoric ester groups is 1. The molecule has 0 saturated heterocycles. The fourth-order valence-electron chi connectivity index (χ4n) is 10.2. The standard InChI is InChI=1S/C76H137N2O6P/c1-6-8-10-12-14-16-18-20-22-24-26-28-30-32-34-35-36-37-38-39-40-41-42-43-44-46-48-50-52-54-56-58-60-62-64-66-68-70-76(80)77-74(73-84-85(81,82)83-72-71-78(3,4)5)75(79)69-67-65-63-61-59-57-55-53-51-49-47-45-33-31-29-27-25-23-21-19-17-15-13-11-9-7-2/h8,10,14,16,20,22,26,28,32,34,36-37,51,53,59,61,67,69,74-75,79H,6-7,9,11-13,15,17-19,21,23-25,27,29-31,33,35,38-50,52,54-58,60,62-66,68,70-73H2,1-5H3,(H-,77,80,81,82)/b10-8-,16-14-,22-20-,28-26-,34-32-,37-36-,53-51+,61-59+,69-67+. The molecule has 0 aliphatic rings. The SMILES string of the molecule is CC/C=C\C/C=C\C/C=C\C/C=C\C/C=C\C/C=C\CCCCCCCCCCCCCCCCCCCCC(=O)NC(COP(=O)([O-])OCC[N+](C)(C)C)C(O)/C=C/CC/C=C/CC/C=C/CCCCCCCCCCCCCCCCCC. The lowest BCUT2D eigenvalue weighted by Crippen LogP contribution is -2.45. The highest BCUT2D eigenvalue weighted by Gasteiger charge is 2.23. The summed E-state index contributed by atoms with van der Waals surface area (Å²) >= 11 is 0. The topological polar surface area (TPSA) is 108 Å². The summed E-state index contributed by atoms with van der Waals surface area (Å²) in [5.41, 5.74) is 0. The number of carbonyl (C=O) groups excluding carboxylic acids is 1. The van der Waals surface area contributed by atoms with Gasteiger partial charge in [-0.15, -0.1) is 0 Å². The van der Waals surface area contributed by atoms with E-state index < -0.39 is 26.6 Å². The molecule has 0 aromatic heterocycles. The number of aliphatic hydroxyl groups is 1. The van der Waals surface area contributed by atoms with Crippen molar-refractivity contribution in [1.29, 1.82) is 0 Å². The molecule has 1 amide bonds. The van der Waals surface area contributed by atoms with E-state index in [2.05, 4.69) is 116 Å². The van der Waals surface area contributed by atoms with Crippen LogP contribution in [0.5, 0.6) is 0 Å². The molecule has 3 atom stereocenters. The zero-order valence-electron chi connectivity index (χ0n) is 56.3. The van der Waals surface area contributed by atoms with Crippen molar-refractivity contribution in [2.45, 2.75) is 328 Å². The van der Waals surface area contributed by atoms with Gasteiger partial charge in [-0.3, -0.25) is 9.36 Å². The molecule has 2 N–H and O–H groups in total. The highest BCUT2D eigenvalue weighted by atomic mass is 31.2. The summed E-state index contributed by atoms with van der Waals surface area (Å²) in [6, 6.07) is -0.916. The van der Waals surface area contributed by atoms with E-state index in [1.165, 1.54) is 212 Å². The number of allylic oxidation sites excluding steroid dienone is 17. The normalized spacial score (nSPS) is 14.3. The lowest BCUT2D eigenvalue weighted by Gasteiger charge is -2.29. The van der Waals surface area contributed by atoms with E-state index in [4.69, 9.17) is 9.05 Å². The molecule has 8 nitrogen and oxygen atoms in total. The molecule has 85 heavy (non-hydrogen) atoms. The van der Waals surface area contributed by atoms with E-state index in [1.807, 2.05) is 27.2 Å². The number of hydrogen-bond acceptors (Lipinski definition) is 6. The average molecular weight is 1210 g/mol. The predicted octanol–water partition coefficient (Wildman–Crippen LogP) is 22.4. The molecular weight excluding hydrogens is 1070 g/mol. The molecule has 0 aromatic carbocycles. The molecule has 0 bridgehead atoms. The largest absolute Gasteiger partial charge is 0.756 e. The van der Waals surface area contributed by atoms with Gasteiger partial charge >= 0.3 is 0 Å². The number of likely N-dealkylation sites (N-methyl/N-ethyl adjacent to an activating group) is 1. The monoisotopic (exact) mass is 1210 g/mol. The Bertz CT molecular complexity index is 1760. The summed E-state index contributed by atoms with van der Waals surface area (Å²) in [6.07, 6.45) is 96.5. The smallest absolute Gasteiger partial charge is 0.268 e. The van der Waals surface area contributed by atoms with Crippen molar-refractivity contribution >= 4 is 13.7 Å². The van der Waals surface area contributed by atoms with Crippen LogP contribution in [0.25, 0.3) is 0 Å². The van der Waals surface area contributed by atoms with Crippen molar-refractivity contribution in [3.8, 4) is 0 Å². The van der Waals surface area contributed by atoms with E-state index in [-0.39, 0.29) is 12.5 Å². The van der Waals surface area contributed by atoms with Gasteiger partial charge in [-0.05, 0) is 96.3 Å². The van der Waals surface area contributed by atoms with Crippen LogP contribution in [0.15, 0.2) is 109 Å². The number of nitrogens with one attached hydrogen (secondary N) is 1. The Morgan fingerprint density at radius 3 is 1.09 bits per heavy atom. The Hall–Kier alpha value is -2.84. The lowest BCUT2D eigenvalue weighted by molar-refractivity contribution is -0.870. The minimum atomic E-state index is -4.62. The van der Waals surface area contributed by atoms with Gasteiger partial charge in [-0.1, -0.05) is 322 Å². The first-order valence-corrected chi connectivity index (χ1v) is 37.2. The zero-order chi connectivity index (χ0) is 61.9. The van der Waals surface area contributed by atoms with Gasteiger partial charge < -0.3 is 28.8 Å². The number of unbranched alkanes of at least 4 members (excludes halogenated alkanes) is 36. The first kappa shape index (κ1) is 82.2. The van der Waals surface area contributed by atoms with E-state index in [1.54, 1.807) is 6.08 Å². The van der Waals surface area contributed by atoms with Crippen LogP contribution in [0.4, 0.5) is 0 Å². The third kappa shape index (κ3) is 68.5. The molecule has 0 rings (SSSR count). The Labute approximate surface area is 527 Å². The second kappa shape index (κ2) is 65.6. The van der Waals surface area contributed by atoms with Crippen molar-refractivity contribution in [1.82, 2.24) is 5.32 Å². The molecule has 492 valence electrons. The molecule has 0 aromatic rings. The van der Waals surface area contributed by atoms with E-state index in [0.717, 1.165) is 83.5 Å². The molecule has 0 spiro atoms. The van der Waals surface area contributed by atoms with Gasteiger partial charge in [0.2, 0.25) is 5.91 Å². The maximum Gasteiger partial charge on any atom is 0.268 e. The van der Waals surface area contributed by atoms with Crippen LogP contribution in [0.2, 0.25) is 0 Å². The van der Waals surface area contributed by atoms with Gasteiger partial charge in [0.1, 0.15) is 13.2 Å². The van der Waals surface area contributed by atoms with E-state index >= 15 is 0 Å². The third-order valence-electron chi connectivity index (χ3n) is 15.7. The number of quaternary nitrogens is 1. The molecule has 9 heteroatoms. The second-order valence-electron chi connectivity index (χ2n) is 25.2. The highest BCUT2D eigenvalue weighted by molar-refractivity contribution is 7.45. The van der Waals surface area contributed by atoms with Crippen LogP contribution in [-0.4, -0.2) is 68.5 Å². The number of phosphoric acid groups is 1. The number of carbonyl (C=O) groups is 1. The van der Waals surface area contributed by atoms with Crippen LogP contribution in [-0.2, 0) is 18.4 Å². The van der Waals surface area contributed by atoms with Crippen LogP contribution in [0, 0.1) is 0 Å². The number of amides is 1. The fraction of sp³-hybridized carbons (Fsp3) is 0.750. The van der Waals surface area contributed by atoms with Gasteiger partial charge in [0, 0.05) is 6.42 Å². The summed E-state index contributed by atoms with van der Waals surface area (Å²) in [6.45, 7) is 4.53. The highest BCUT2D eigenvalue weighted by Crippen LogP contribution is 2.38. The summed E-state index contributed by atoms with van der Waals surface area (Å²) in [5, 5.41) is 13.9. The van der Waals surface area contributed by atoms with Crippen LogP contribution in [0.3, 0.4) is 0 Å². The fourth-order valence-corrected chi connectivity index (χ4v) is 10.9. The van der Waals surface area contributed by atoms with E-state index in [0.29, 0.717) is 17.4 Å². The van der Waals surface area contributed by atoms with Gasteiger partial charge in [-0.2, -0.15) is 0 Å². The minimum Gasteiger partial charge on any atom is -0.756 e. The first-order valence-electron chi connectivity index (χ1n) is 35.7. The molecule has 0 aliphatic carbocycles. The number of nitrogens with zero attached hydrogens (tertiary/aromatic N) is 1. The Balaban J connectivity index is 4.09. The van der Waals surface area contributed by atoms with Crippen molar-refractivity contribution in [2.75, 3.05) is 40.9 Å². The van der Waals surface area contributed by atoms with Crippen molar-refractivity contribution < 1.29 is 32.9 Å². The van der Waals surface area contributed by atoms with Gasteiger partial charge in [0.25, 0.3) is 7.82 Å². The molecule has 0 saturated carbocycles. The number of rotatable bonds is 65. The van der Waals surface area contributed by atoms with Crippen LogP contribution < -0.4 is 10.2 Å². The molecular formula is C76H137N2O6P. The Morgan fingerprint density at radius 2 is 0.729 bits per heavy atom. The van der Waals surface area contributed by atoms with Crippen molar-refractivity contribution in [2.24, 2.45) is 0 Å². The van der Waals surface area contributed by atoms with Crippen molar-refractivity contribution in [3.05, 3.63) is 109 Å².